The van der Waals surface area contributed by atoms with Gasteiger partial charge in [0.15, 0.2) is 11.5 Å². The quantitative estimate of drug-likeness (QED) is 0.720. The molecule has 0 bridgehead atoms. The number of aromatic hydroxyl groups is 1. The minimum atomic E-state index is 0.0657. The highest BCUT2D eigenvalue weighted by molar-refractivity contribution is 5.83. The van der Waals surface area contributed by atoms with Crippen LogP contribution in [-0.2, 0) is 6.42 Å². The topological polar surface area (TPSA) is 93.4 Å². The SMILES string of the molecule is CCOc1cc(-c2c(C#N)c(N)[nH+]c(-c3ccccc3)c2CC)ccc1O. The number of hydrogen-bond acceptors (Lipinski definition) is 4. The summed E-state index contributed by atoms with van der Waals surface area (Å²) in [6, 6.07) is 17.2. The lowest BCUT2D eigenvalue weighted by atomic mass is 9.90. The average Bonchev–Trinajstić information content (AvgIpc) is 2.69. The van der Waals surface area contributed by atoms with Gasteiger partial charge in [0.05, 0.1) is 6.61 Å². The van der Waals surface area contributed by atoms with Crippen LogP contribution < -0.4 is 15.5 Å². The number of hydrogen-bond donors (Lipinski definition) is 2. The number of aromatic nitrogens is 1. The fourth-order valence-corrected chi connectivity index (χ4v) is 3.26. The second kappa shape index (κ2) is 7.79. The molecule has 0 fully saturated rings. The molecule has 0 aliphatic carbocycles. The minimum absolute atomic E-state index is 0.0657. The molecule has 5 nitrogen and oxygen atoms in total. The number of anilines is 1. The summed E-state index contributed by atoms with van der Waals surface area (Å²) < 4.78 is 5.52. The van der Waals surface area contributed by atoms with E-state index < -0.39 is 0 Å². The van der Waals surface area contributed by atoms with E-state index >= 15 is 0 Å². The van der Waals surface area contributed by atoms with Gasteiger partial charge in [-0.3, -0.25) is 5.73 Å². The van der Waals surface area contributed by atoms with Crippen LogP contribution in [0.15, 0.2) is 48.5 Å². The number of nitrogen functional groups attached to an aromatic ring is 1. The zero-order chi connectivity index (χ0) is 19.4. The van der Waals surface area contributed by atoms with Crippen LogP contribution in [0, 0.1) is 11.3 Å². The van der Waals surface area contributed by atoms with Gasteiger partial charge >= 0.3 is 0 Å². The predicted molar refractivity (Wildman–Crippen MR) is 105 cm³/mol. The third kappa shape index (κ3) is 3.42. The molecule has 2 aromatic carbocycles. The Bertz CT molecular complexity index is 1010. The highest BCUT2D eigenvalue weighted by Gasteiger charge is 2.23. The Morgan fingerprint density at radius 3 is 2.48 bits per heavy atom. The fraction of sp³-hybridized carbons (Fsp3) is 0.182. The summed E-state index contributed by atoms with van der Waals surface area (Å²) in [6.07, 6.45) is 0.704. The van der Waals surface area contributed by atoms with E-state index in [1.807, 2.05) is 44.2 Å². The second-order valence-electron chi connectivity index (χ2n) is 6.09. The molecule has 0 amide bonds. The van der Waals surface area contributed by atoms with Gasteiger partial charge in [0.2, 0.25) is 0 Å². The molecule has 0 saturated carbocycles. The number of pyridine rings is 1. The van der Waals surface area contributed by atoms with Gasteiger partial charge in [0.1, 0.15) is 17.3 Å². The van der Waals surface area contributed by atoms with Crippen molar-refractivity contribution in [2.24, 2.45) is 0 Å². The molecule has 3 aromatic rings. The van der Waals surface area contributed by atoms with Gasteiger partial charge in [-0.05, 0) is 31.0 Å². The Labute approximate surface area is 158 Å². The maximum atomic E-state index is 10.0. The molecule has 27 heavy (non-hydrogen) atoms. The Morgan fingerprint density at radius 2 is 1.85 bits per heavy atom. The smallest absolute Gasteiger partial charge is 0.289 e. The molecule has 1 aromatic heterocycles. The monoisotopic (exact) mass is 360 g/mol. The van der Waals surface area contributed by atoms with Crippen molar-refractivity contribution in [1.29, 1.82) is 5.26 Å². The van der Waals surface area contributed by atoms with Gasteiger partial charge in [-0.15, -0.1) is 0 Å². The number of benzene rings is 2. The van der Waals surface area contributed by atoms with Crippen LogP contribution in [0.5, 0.6) is 11.5 Å². The van der Waals surface area contributed by atoms with E-state index in [0.717, 1.165) is 27.9 Å². The number of ether oxygens (including phenoxy) is 1. The number of nitrogens with zero attached hydrogens (tertiary/aromatic N) is 1. The molecule has 0 saturated heterocycles. The summed E-state index contributed by atoms with van der Waals surface area (Å²) in [5.41, 5.74) is 11.0. The fourth-order valence-electron chi connectivity index (χ4n) is 3.26. The lowest BCUT2D eigenvalue weighted by molar-refractivity contribution is -0.347. The minimum Gasteiger partial charge on any atom is -0.504 e. The number of rotatable bonds is 5. The maximum Gasteiger partial charge on any atom is 0.289 e. The van der Waals surface area contributed by atoms with Crippen LogP contribution in [-0.4, -0.2) is 11.7 Å². The van der Waals surface area contributed by atoms with Crippen LogP contribution >= 0.6 is 0 Å². The van der Waals surface area contributed by atoms with Crippen molar-refractivity contribution in [2.75, 3.05) is 12.3 Å². The van der Waals surface area contributed by atoms with Crippen molar-refractivity contribution in [2.45, 2.75) is 20.3 Å². The molecule has 4 N–H and O–H groups in total. The molecule has 136 valence electrons. The summed E-state index contributed by atoms with van der Waals surface area (Å²) in [4.78, 5) is 3.20. The predicted octanol–water partition coefficient (Wildman–Crippen LogP) is 3.96. The standard InChI is InChI=1S/C22H21N3O2/c1-3-16-20(15-10-11-18(26)19(12-15)27-4-2)17(13-23)22(24)25-21(16)14-8-6-5-7-9-14/h5-12,26H,3-4H2,1-2H3,(H2,24,25)/p+1. The Hall–Kier alpha value is -3.52. The van der Waals surface area contributed by atoms with E-state index in [1.54, 1.807) is 18.2 Å². The molecule has 5 heteroatoms. The van der Waals surface area contributed by atoms with E-state index in [2.05, 4.69) is 11.1 Å². The number of aromatic amines is 1. The van der Waals surface area contributed by atoms with Crippen LogP contribution in [0.4, 0.5) is 5.82 Å². The second-order valence-corrected chi connectivity index (χ2v) is 6.09. The number of nitrogens with two attached hydrogens (primary N) is 1. The first-order chi connectivity index (χ1) is 13.1. The van der Waals surface area contributed by atoms with Gasteiger partial charge in [0, 0.05) is 16.7 Å². The normalized spacial score (nSPS) is 10.4. The first-order valence-electron chi connectivity index (χ1n) is 8.90. The van der Waals surface area contributed by atoms with Crippen LogP contribution in [0.2, 0.25) is 0 Å². The van der Waals surface area contributed by atoms with Gasteiger partial charge < -0.3 is 9.84 Å². The Morgan fingerprint density at radius 1 is 1.11 bits per heavy atom. The van der Waals surface area contributed by atoms with E-state index in [1.165, 1.54) is 0 Å². The first-order valence-corrected chi connectivity index (χ1v) is 8.90. The van der Waals surface area contributed by atoms with Crippen molar-refractivity contribution < 1.29 is 14.8 Å². The third-order valence-corrected chi connectivity index (χ3v) is 4.46. The Kier molecular flexibility index (Phi) is 5.28. The highest BCUT2D eigenvalue weighted by atomic mass is 16.5. The maximum absolute atomic E-state index is 10.0. The first kappa shape index (κ1) is 18.3. The zero-order valence-corrected chi connectivity index (χ0v) is 15.4. The number of phenolic OH excluding ortho intramolecular Hbond substituents is 1. The van der Waals surface area contributed by atoms with E-state index in [4.69, 9.17) is 10.5 Å². The summed E-state index contributed by atoms with van der Waals surface area (Å²) in [7, 11) is 0. The summed E-state index contributed by atoms with van der Waals surface area (Å²) in [5.74, 6) is 0.763. The third-order valence-electron chi connectivity index (χ3n) is 4.46. The molecule has 0 aliphatic rings. The van der Waals surface area contributed by atoms with Crippen molar-refractivity contribution in [3.8, 4) is 40.0 Å². The average molecular weight is 360 g/mol. The molecular weight excluding hydrogens is 338 g/mol. The van der Waals surface area contributed by atoms with Gasteiger partial charge in [-0.2, -0.15) is 5.26 Å². The molecule has 0 radical (unpaired) electrons. The summed E-state index contributed by atoms with van der Waals surface area (Å²) in [6.45, 7) is 4.33. The van der Waals surface area contributed by atoms with Crippen molar-refractivity contribution in [3.63, 3.8) is 0 Å². The summed E-state index contributed by atoms with van der Waals surface area (Å²) in [5, 5.41) is 19.8. The lowest BCUT2D eigenvalue weighted by Crippen LogP contribution is -2.19. The molecule has 0 aliphatic heterocycles. The van der Waals surface area contributed by atoms with Crippen molar-refractivity contribution in [1.82, 2.24) is 0 Å². The van der Waals surface area contributed by atoms with Crippen LogP contribution in [0.25, 0.3) is 22.4 Å². The van der Waals surface area contributed by atoms with Gasteiger partial charge in [0.25, 0.3) is 5.82 Å². The summed E-state index contributed by atoms with van der Waals surface area (Å²) >= 11 is 0. The molecule has 0 atom stereocenters. The van der Waals surface area contributed by atoms with Gasteiger partial charge in [-0.25, -0.2) is 4.98 Å². The van der Waals surface area contributed by atoms with Crippen molar-refractivity contribution in [3.05, 3.63) is 59.7 Å². The highest BCUT2D eigenvalue weighted by Crippen LogP contribution is 2.38. The number of nitrogens with one attached hydrogen (secondary N) is 1. The van der Waals surface area contributed by atoms with Crippen LogP contribution in [0.3, 0.4) is 0 Å². The van der Waals surface area contributed by atoms with Crippen LogP contribution in [0.1, 0.15) is 25.0 Å². The molecule has 3 rings (SSSR count). The molecule has 1 heterocycles. The van der Waals surface area contributed by atoms with E-state index in [-0.39, 0.29) is 5.75 Å². The molecular formula is C22H22N3O2+. The molecule has 0 unspecified atom stereocenters. The van der Waals surface area contributed by atoms with E-state index in [9.17, 15) is 10.4 Å². The largest absolute Gasteiger partial charge is 0.504 e. The number of H-pyrrole nitrogens is 1. The lowest BCUT2D eigenvalue weighted by Gasteiger charge is -2.15. The Balaban J connectivity index is 2.33. The number of nitriles is 1. The number of phenols is 1. The molecule has 0 spiro atoms. The van der Waals surface area contributed by atoms with E-state index in [0.29, 0.717) is 30.2 Å². The van der Waals surface area contributed by atoms with Gasteiger partial charge in [-0.1, -0.05) is 43.3 Å². The van der Waals surface area contributed by atoms with Crippen molar-refractivity contribution >= 4 is 5.82 Å². The zero-order valence-electron chi connectivity index (χ0n) is 15.4.